The summed E-state index contributed by atoms with van der Waals surface area (Å²) < 4.78 is 16.8. The van der Waals surface area contributed by atoms with Crippen LogP contribution in [0.1, 0.15) is 291 Å². The second kappa shape index (κ2) is 46.5. The first-order valence-corrected chi connectivity index (χ1v) is 25.9. The van der Waals surface area contributed by atoms with Crippen LogP contribution in [0.3, 0.4) is 0 Å². The Morgan fingerprint density at radius 2 is 0.569 bits per heavy atom. The molecule has 0 rings (SSSR count). The molecule has 344 valence electrons. The standard InChI is InChI=1S/C52H100O6/c1-5-7-9-11-13-15-17-18-19-20-21-22-24-28-33-37-41-45-52(55)58-49(46-56-50(53)43-39-35-31-27-23-16-14-12-10-8-6-2)47-57-51(54)44-40-36-32-29-25-26-30-34-38-42-48(3)4/h48-49H,5-47H2,1-4H3/t49-/m0/s1. The van der Waals surface area contributed by atoms with Crippen molar-refractivity contribution in [2.75, 3.05) is 13.2 Å². The molecule has 0 spiro atoms. The van der Waals surface area contributed by atoms with Crippen LogP contribution in [-0.2, 0) is 28.6 Å². The minimum Gasteiger partial charge on any atom is -0.462 e. The van der Waals surface area contributed by atoms with E-state index >= 15 is 0 Å². The Hall–Kier alpha value is -1.59. The molecule has 1 atom stereocenters. The minimum absolute atomic E-state index is 0.0631. The molecule has 0 aliphatic rings. The lowest BCUT2D eigenvalue weighted by Crippen LogP contribution is -2.30. The molecule has 0 heterocycles. The smallest absolute Gasteiger partial charge is 0.306 e. The van der Waals surface area contributed by atoms with Crippen LogP contribution in [0.5, 0.6) is 0 Å². The van der Waals surface area contributed by atoms with Gasteiger partial charge in [-0.15, -0.1) is 0 Å². The van der Waals surface area contributed by atoms with Crippen molar-refractivity contribution in [2.45, 2.75) is 297 Å². The van der Waals surface area contributed by atoms with Gasteiger partial charge in [-0.1, -0.05) is 252 Å². The molecule has 58 heavy (non-hydrogen) atoms. The Kier molecular flexibility index (Phi) is 45.2. The molecule has 0 aromatic rings. The maximum atomic E-state index is 12.8. The van der Waals surface area contributed by atoms with Gasteiger partial charge in [0.1, 0.15) is 13.2 Å². The largest absolute Gasteiger partial charge is 0.462 e. The molecule has 0 aromatic heterocycles. The van der Waals surface area contributed by atoms with Gasteiger partial charge in [-0.05, 0) is 25.2 Å². The van der Waals surface area contributed by atoms with Crippen LogP contribution < -0.4 is 0 Å². The molecular weight excluding hydrogens is 721 g/mol. The average Bonchev–Trinajstić information content (AvgIpc) is 3.21. The highest BCUT2D eigenvalue weighted by molar-refractivity contribution is 5.71. The predicted octanol–water partition coefficient (Wildman–Crippen LogP) is 16.7. The van der Waals surface area contributed by atoms with Crippen molar-refractivity contribution in [3.8, 4) is 0 Å². The van der Waals surface area contributed by atoms with Gasteiger partial charge in [-0.2, -0.15) is 0 Å². The molecule has 0 N–H and O–H groups in total. The second-order valence-corrected chi connectivity index (χ2v) is 18.3. The zero-order chi connectivity index (χ0) is 42.4. The zero-order valence-corrected chi connectivity index (χ0v) is 39.5. The molecular formula is C52H100O6. The van der Waals surface area contributed by atoms with E-state index in [-0.39, 0.29) is 31.1 Å². The number of unbranched alkanes of at least 4 members (excludes halogenated alkanes) is 34. The quantitative estimate of drug-likeness (QED) is 0.0346. The minimum atomic E-state index is -0.760. The molecule has 0 saturated carbocycles. The Morgan fingerprint density at radius 1 is 0.328 bits per heavy atom. The van der Waals surface area contributed by atoms with E-state index in [4.69, 9.17) is 14.2 Å². The van der Waals surface area contributed by atoms with Gasteiger partial charge >= 0.3 is 17.9 Å². The summed E-state index contributed by atoms with van der Waals surface area (Å²) in [5.41, 5.74) is 0. The number of ether oxygens (including phenoxy) is 3. The number of rotatable bonds is 47. The zero-order valence-electron chi connectivity index (χ0n) is 39.5. The fraction of sp³-hybridized carbons (Fsp3) is 0.942. The molecule has 6 nitrogen and oxygen atoms in total. The Balaban J connectivity index is 4.29. The van der Waals surface area contributed by atoms with E-state index in [1.807, 2.05) is 0 Å². The average molecular weight is 821 g/mol. The van der Waals surface area contributed by atoms with Crippen molar-refractivity contribution in [1.29, 1.82) is 0 Å². The van der Waals surface area contributed by atoms with Gasteiger partial charge < -0.3 is 14.2 Å². The maximum Gasteiger partial charge on any atom is 0.306 e. The molecule has 6 heteroatoms. The molecule has 0 radical (unpaired) electrons. The van der Waals surface area contributed by atoms with E-state index in [9.17, 15) is 14.4 Å². The number of hydrogen-bond acceptors (Lipinski definition) is 6. The first-order chi connectivity index (χ1) is 28.4. The predicted molar refractivity (Wildman–Crippen MR) is 247 cm³/mol. The van der Waals surface area contributed by atoms with E-state index < -0.39 is 6.10 Å². The highest BCUT2D eigenvalue weighted by atomic mass is 16.6. The van der Waals surface area contributed by atoms with E-state index in [1.54, 1.807) is 0 Å². The second-order valence-electron chi connectivity index (χ2n) is 18.3. The van der Waals surface area contributed by atoms with E-state index in [2.05, 4.69) is 27.7 Å². The summed E-state index contributed by atoms with van der Waals surface area (Å²) in [5, 5.41) is 0. The van der Waals surface area contributed by atoms with Crippen LogP contribution >= 0.6 is 0 Å². The molecule has 0 amide bonds. The van der Waals surface area contributed by atoms with Crippen LogP contribution in [0.4, 0.5) is 0 Å². The lowest BCUT2D eigenvalue weighted by atomic mass is 10.0. The van der Waals surface area contributed by atoms with Gasteiger partial charge in [0.05, 0.1) is 0 Å². The normalized spacial score (nSPS) is 11.9. The van der Waals surface area contributed by atoms with Crippen molar-refractivity contribution in [3.05, 3.63) is 0 Å². The maximum absolute atomic E-state index is 12.8. The number of esters is 3. The van der Waals surface area contributed by atoms with Crippen molar-refractivity contribution < 1.29 is 28.6 Å². The Bertz CT molecular complexity index is 872. The number of hydrogen-bond donors (Lipinski definition) is 0. The number of carbonyl (C=O) groups excluding carboxylic acids is 3. The molecule has 0 aliphatic carbocycles. The third kappa shape index (κ3) is 45.5. The molecule has 0 unspecified atom stereocenters. The van der Waals surface area contributed by atoms with Gasteiger partial charge in [0, 0.05) is 19.3 Å². The molecule has 0 aromatic carbocycles. The molecule has 0 fully saturated rings. The van der Waals surface area contributed by atoms with Gasteiger partial charge in [-0.25, -0.2) is 0 Å². The summed E-state index contributed by atoms with van der Waals surface area (Å²) in [7, 11) is 0. The van der Waals surface area contributed by atoms with Crippen molar-refractivity contribution in [1.82, 2.24) is 0 Å². The highest BCUT2D eigenvalue weighted by Crippen LogP contribution is 2.17. The van der Waals surface area contributed by atoms with Gasteiger partial charge in [0.25, 0.3) is 0 Å². The van der Waals surface area contributed by atoms with Crippen LogP contribution in [0.15, 0.2) is 0 Å². The monoisotopic (exact) mass is 821 g/mol. The van der Waals surface area contributed by atoms with Gasteiger partial charge in [0.2, 0.25) is 0 Å². The Labute approximate surface area is 361 Å². The van der Waals surface area contributed by atoms with E-state index in [0.29, 0.717) is 19.3 Å². The topological polar surface area (TPSA) is 78.9 Å². The van der Waals surface area contributed by atoms with Crippen LogP contribution in [0, 0.1) is 5.92 Å². The first kappa shape index (κ1) is 56.4. The SMILES string of the molecule is CCCCCCCCCCCCCCCCCCCC(=O)O[C@@H](COC(=O)CCCCCCCCCCCCC)COC(=O)CCCCCCCCCCCC(C)C. The van der Waals surface area contributed by atoms with Crippen molar-refractivity contribution in [3.63, 3.8) is 0 Å². The highest BCUT2D eigenvalue weighted by Gasteiger charge is 2.19. The third-order valence-corrected chi connectivity index (χ3v) is 11.8. The molecule has 0 bridgehead atoms. The van der Waals surface area contributed by atoms with Crippen LogP contribution in [0.25, 0.3) is 0 Å². The van der Waals surface area contributed by atoms with Crippen molar-refractivity contribution in [2.24, 2.45) is 5.92 Å². The molecule has 0 aliphatic heterocycles. The lowest BCUT2D eigenvalue weighted by molar-refractivity contribution is -0.167. The van der Waals surface area contributed by atoms with E-state index in [1.165, 1.54) is 186 Å². The fourth-order valence-electron chi connectivity index (χ4n) is 7.86. The fourth-order valence-corrected chi connectivity index (χ4v) is 7.86. The summed E-state index contributed by atoms with van der Waals surface area (Å²) in [6, 6.07) is 0. The van der Waals surface area contributed by atoms with Crippen molar-refractivity contribution >= 4 is 17.9 Å². The van der Waals surface area contributed by atoms with Crippen LogP contribution in [-0.4, -0.2) is 37.2 Å². The Morgan fingerprint density at radius 3 is 0.845 bits per heavy atom. The third-order valence-electron chi connectivity index (χ3n) is 11.8. The van der Waals surface area contributed by atoms with Gasteiger partial charge in [-0.3, -0.25) is 14.4 Å². The molecule has 0 saturated heterocycles. The first-order valence-electron chi connectivity index (χ1n) is 25.9. The van der Waals surface area contributed by atoms with Crippen LogP contribution in [0.2, 0.25) is 0 Å². The lowest BCUT2D eigenvalue weighted by Gasteiger charge is -2.18. The number of carbonyl (C=O) groups is 3. The van der Waals surface area contributed by atoms with E-state index in [0.717, 1.165) is 63.7 Å². The summed E-state index contributed by atoms with van der Waals surface area (Å²) in [5.74, 6) is -0.0376. The van der Waals surface area contributed by atoms with Gasteiger partial charge in [0.15, 0.2) is 6.10 Å². The summed E-state index contributed by atoms with van der Waals surface area (Å²) in [6.07, 6.45) is 48.0. The summed E-state index contributed by atoms with van der Waals surface area (Å²) in [6.45, 7) is 9.00. The summed E-state index contributed by atoms with van der Waals surface area (Å²) >= 11 is 0. The summed E-state index contributed by atoms with van der Waals surface area (Å²) in [4.78, 5) is 37.9.